The van der Waals surface area contributed by atoms with Gasteiger partial charge in [-0.05, 0) is 17.7 Å². The molecule has 0 spiro atoms. The molecule has 0 saturated heterocycles. The maximum Gasteiger partial charge on any atom is 0.280 e. The third-order valence-corrected chi connectivity index (χ3v) is 3.00. The molecular weight excluding hydrogens is 250 g/mol. The molecule has 0 N–H and O–H groups in total. The van der Waals surface area contributed by atoms with Gasteiger partial charge in [-0.3, -0.25) is 9.78 Å². The molecule has 0 aliphatic heterocycles. The molecule has 3 aromatic rings. The summed E-state index contributed by atoms with van der Waals surface area (Å²) in [5.74, 6) is 0. The van der Waals surface area contributed by atoms with E-state index in [-0.39, 0.29) is 5.56 Å². The number of hydrogen-bond donors (Lipinski definition) is 0. The summed E-state index contributed by atoms with van der Waals surface area (Å²) in [6.07, 6.45) is 5.12. The Bertz CT molecular complexity index is 751. The number of hydrogen-bond acceptors (Lipinski definition) is 3. The van der Waals surface area contributed by atoms with Crippen molar-refractivity contribution in [3.05, 3.63) is 83.3 Å². The minimum atomic E-state index is -0.214. The molecule has 0 bridgehead atoms. The van der Waals surface area contributed by atoms with Gasteiger partial charge in [-0.15, -0.1) is 0 Å². The van der Waals surface area contributed by atoms with Crippen molar-refractivity contribution in [3.8, 4) is 11.1 Å². The van der Waals surface area contributed by atoms with Crippen molar-refractivity contribution < 1.29 is 0 Å². The van der Waals surface area contributed by atoms with E-state index in [9.17, 15) is 4.79 Å². The van der Waals surface area contributed by atoms with Crippen LogP contribution in [0.5, 0.6) is 0 Å². The fourth-order valence-corrected chi connectivity index (χ4v) is 2.03. The smallest absolute Gasteiger partial charge is 0.280 e. The van der Waals surface area contributed by atoms with Crippen LogP contribution in [0.4, 0.5) is 0 Å². The Labute approximate surface area is 116 Å². The van der Waals surface area contributed by atoms with Crippen molar-refractivity contribution in [2.75, 3.05) is 0 Å². The molecule has 0 amide bonds. The molecule has 2 aromatic heterocycles. The lowest BCUT2D eigenvalue weighted by Gasteiger charge is -2.07. The normalized spacial score (nSPS) is 10.4. The average molecular weight is 263 g/mol. The minimum Gasteiger partial charge on any atom is -0.332 e. The zero-order chi connectivity index (χ0) is 13.8. The first-order chi connectivity index (χ1) is 9.83. The van der Waals surface area contributed by atoms with Gasteiger partial charge in [0.2, 0.25) is 0 Å². The van der Waals surface area contributed by atoms with E-state index in [1.165, 1.54) is 0 Å². The van der Waals surface area contributed by atoms with Crippen molar-refractivity contribution in [1.82, 2.24) is 14.5 Å². The van der Waals surface area contributed by atoms with Gasteiger partial charge in [-0.2, -0.15) is 4.98 Å². The first kappa shape index (κ1) is 12.3. The van der Waals surface area contributed by atoms with Crippen LogP contribution < -0.4 is 5.56 Å². The van der Waals surface area contributed by atoms with Gasteiger partial charge in [0.25, 0.3) is 5.56 Å². The van der Waals surface area contributed by atoms with E-state index < -0.39 is 0 Å². The van der Waals surface area contributed by atoms with Gasteiger partial charge in [0.05, 0.1) is 24.1 Å². The number of rotatable bonds is 3. The second kappa shape index (κ2) is 5.48. The Morgan fingerprint density at radius 1 is 0.950 bits per heavy atom. The Kier molecular flexibility index (Phi) is 3.37. The molecule has 1 aromatic carbocycles. The molecule has 0 fully saturated rings. The van der Waals surface area contributed by atoms with Crippen molar-refractivity contribution in [1.29, 1.82) is 0 Å². The van der Waals surface area contributed by atoms with Crippen LogP contribution in [0, 0.1) is 0 Å². The highest BCUT2D eigenvalue weighted by atomic mass is 16.1. The van der Waals surface area contributed by atoms with Gasteiger partial charge in [-0.25, -0.2) is 0 Å². The van der Waals surface area contributed by atoms with E-state index in [0.717, 1.165) is 11.3 Å². The molecule has 0 aliphatic rings. The molecule has 98 valence electrons. The summed E-state index contributed by atoms with van der Waals surface area (Å²) in [5.41, 5.74) is 2.19. The second-order valence-corrected chi connectivity index (χ2v) is 4.45. The molecule has 20 heavy (non-hydrogen) atoms. The molecular formula is C16H13N3O. The van der Waals surface area contributed by atoms with E-state index in [1.54, 1.807) is 12.5 Å². The summed E-state index contributed by atoms with van der Waals surface area (Å²) >= 11 is 0. The lowest BCUT2D eigenvalue weighted by molar-refractivity contribution is 0.743. The third-order valence-electron chi connectivity index (χ3n) is 3.00. The molecule has 0 unspecified atom stereocenters. The summed E-state index contributed by atoms with van der Waals surface area (Å²) in [7, 11) is 0. The van der Waals surface area contributed by atoms with E-state index in [1.807, 2.05) is 59.3 Å². The lowest BCUT2D eigenvalue weighted by atomic mass is 10.1. The topological polar surface area (TPSA) is 47.8 Å². The summed E-state index contributed by atoms with van der Waals surface area (Å²) < 4.78 is 1.87. The van der Waals surface area contributed by atoms with Crippen LogP contribution in [0.3, 0.4) is 0 Å². The van der Waals surface area contributed by atoms with Gasteiger partial charge in [0, 0.05) is 12.4 Å². The Hall–Kier alpha value is -2.75. The van der Waals surface area contributed by atoms with Crippen LogP contribution in [-0.4, -0.2) is 14.5 Å². The first-order valence-corrected chi connectivity index (χ1v) is 6.34. The summed E-state index contributed by atoms with van der Waals surface area (Å²) in [6.45, 7) is 0.591. The highest BCUT2D eigenvalue weighted by Gasteiger charge is 2.05. The van der Waals surface area contributed by atoms with Gasteiger partial charge >= 0.3 is 0 Å². The van der Waals surface area contributed by atoms with Crippen LogP contribution in [0.15, 0.2) is 72.0 Å². The molecule has 0 saturated carbocycles. The Morgan fingerprint density at radius 3 is 2.50 bits per heavy atom. The van der Waals surface area contributed by atoms with Crippen molar-refractivity contribution in [2.45, 2.75) is 6.54 Å². The second-order valence-electron chi connectivity index (χ2n) is 4.45. The van der Waals surface area contributed by atoms with Crippen LogP contribution in [0.1, 0.15) is 5.69 Å². The molecule has 2 heterocycles. The molecule has 0 radical (unpaired) electrons. The molecule has 0 aliphatic carbocycles. The Morgan fingerprint density at radius 2 is 1.75 bits per heavy atom. The number of pyridine rings is 1. The zero-order valence-electron chi connectivity index (χ0n) is 10.8. The lowest BCUT2D eigenvalue weighted by Crippen LogP contribution is -2.14. The molecule has 4 nitrogen and oxygen atoms in total. The number of aromatic nitrogens is 3. The van der Waals surface area contributed by atoms with Crippen LogP contribution in [-0.2, 0) is 6.54 Å². The highest BCUT2D eigenvalue weighted by molar-refractivity contribution is 5.60. The molecule has 0 atom stereocenters. The SMILES string of the molecule is O=c1ncn(Cc2ccccn2)cc1-c1ccccc1. The zero-order valence-corrected chi connectivity index (χ0v) is 10.8. The predicted octanol–water partition coefficient (Wildman–Crippen LogP) is 2.35. The fourth-order valence-electron chi connectivity index (χ4n) is 2.03. The third kappa shape index (κ3) is 2.64. The first-order valence-electron chi connectivity index (χ1n) is 6.34. The molecule has 4 heteroatoms. The van der Waals surface area contributed by atoms with Gasteiger partial charge < -0.3 is 4.57 Å². The van der Waals surface area contributed by atoms with Gasteiger partial charge in [-0.1, -0.05) is 36.4 Å². The van der Waals surface area contributed by atoms with Crippen LogP contribution >= 0.6 is 0 Å². The quantitative estimate of drug-likeness (QED) is 0.728. The molecule has 3 rings (SSSR count). The van der Waals surface area contributed by atoms with Crippen LogP contribution in [0.2, 0.25) is 0 Å². The van der Waals surface area contributed by atoms with Crippen molar-refractivity contribution >= 4 is 0 Å². The van der Waals surface area contributed by atoms with Crippen molar-refractivity contribution in [2.24, 2.45) is 0 Å². The summed E-state index contributed by atoms with van der Waals surface area (Å²) in [6, 6.07) is 15.3. The van der Waals surface area contributed by atoms with E-state index in [2.05, 4.69) is 9.97 Å². The predicted molar refractivity (Wildman–Crippen MR) is 77.3 cm³/mol. The largest absolute Gasteiger partial charge is 0.332 e. The van der Waals surface area contributed by atoms with E-state index in [0.29, 0.717) is 12.1 Å². The Balaban J connectivity index is 1.97. The number of benzene rings is 1. The maximum atomic E-state index is 11.9. The monoisotopic (exact) mass is 263 g/mol. The van der Waals surface area contributed by atoms with Crippen molar-refractivity contribution in [3.63, 3.8) is 0 Å². The standard InChI is InChI=1S/C16H13N3O/c20-16-15(13-6-2-1-3-7-13)11-19(12-18-16)10-14-8-4-5-9-17-14/h1-9,11-12H,10H2. The van der Waals surface area contributed by atoms with E-state index in [4.69, 9.17) is 0 Å². The fraction of sp³-hybridized carbons (Fsp3) is 0.0625. The van der Waals surface area contributed by atoms with Gasteiger partial charge in [0.1, 0.15) is 0 Å². The summed E-state index contributed by atoms with van der Waals surface area (Å²) in [4.78, 5) is 20.1. The average Bonchev–Trinajstić information content (AvgIpc) is 2.51. The van der Waals surface area contributed by atoms with Crippen LogP contribution in [0.25, 0.3) is 11.1 Å². The van der Waals surface area contributed by atoms with E-state index >= 15 is 0 Å². The number of nitrogens with zero attached hydrogens (tertiary/aromatic N) is 3. The summed E-state index contributed by atoms with van der Waals surface area (Å²) in [5, 5.41) is 0. The minimum absolute atomic E-state index is 0.214. The van der Waals surface area contributed by atoms with Gasteiger partial charge in [0.15, 0.2) is 0 Å². The maximum absolute atomic E-state index is 11.9. The highest BCUT2D eigenvalue weighted by Crippen LogP contribution is 2.13.